The van der Waals surface area contributed by atoms with Crippen molar-refractivity contribution in [2.24, 2.45) is 0 Å². The molecule has 6 nitrogen and oxygen atoms in total. The quantitative estimate of drug-likeness (QED) is 0.759. The van der Waals surface area contributed by atoms with Crippen LogP contribution in [0.25, 0.3) is 0 Å². The van der Waals surface area contributed by atoms with Crippen molar-refractivity contribution in [1.29, 1.82) is 0 Å². The summed E-state index contributed by atoms with van der Waals surface area (Å²) < 4.78 is 27.0. The van der Waals surface area contributed by atoms with Gasteiger partial charge in [0.15, 0.2) is 5.03 Å². The molecule has 8 heteroatoms. The van der Waals surface area contributed by atoms with Crippen LogP contribution in [0.3, 0.4) is 0 Å². The Kier molecular flexibility index (Phi) is 4.23. The highest BCUT2D eigenvalue weighted by molar-refractivity contribution is 7.92. The van der Waals surface area contributed by atoms with Crippen molar-refractivity contribution in [3.05, 3.63) is 28.6 Å². The van der Waals surface area contributed by atoms with Crippen LogP contribution in [-0.4, -0.2) is 24.7 Å². The molecule has 19 heavy (non-hydrogen) atoms. The van der Waals surface area contributed by atoms with E-state index in [-0.39, 0.29) is 11.1 Å². The number of nitrogens with one attached hydrogen (secondary N) is 3. The lowest BCUT2D eigenvalue weighted by atomic mass is 10.3. The van der Waals surface area contributed by atoms with Crippen molar-refractivity contribution >= 4 is 27.0 Å². The maximum Gasteiger partial charge on any atom is 0.279 e. The number of aromatic nitrogens is 2. The van der Waals surface area contributed by atoms with Crippen molar-refractivity contribution in [2.45, 2.75) is 31.5 Å². The molecule has 0 saturated carbocycles. The smallest absolute Gasteiger partial charge is 0.279 e. The van der Waals surface area contributed by atoms with Gasteiger partial charge in [0, 0.05) is 23.5 Å². The largest absolute Gasteiger partial charge is 0.310 e. The first kappa shape index (κ1) is 14.0. The first-order valence-corrected chi connectivity index (χ1v) is 8.22. The highest BCUT2D eigenvalue weighted by Crippen LogP contribution is 2.19. The maximum absolute atomic E-state index is 12.2. The fraction of sp³-hybridized carbons (Fsp3) is 0.364. The van der Waals surface area contributed by atoms with E-state index < -0.39 is 10.0 Å². The second-order valence-corrected chi connectivity index (χ2v) is 6.78. The Labute approximate surface area is 116 Å². The third kappa shape index (κ3) is 3.55. The van der Waals surface area contributed by atoms with Crippen molar-refractivity contribution in [3.8, 4) is 0 Å². The predicted octanol–water partition coefficient (Wildman–Crippen LogP) is 1.77. The van der Waals surface area contributed by atoms with Gasteiger partial charge in [-0.2, -0.15) is 24.9 Å². The monoisotopic (exact) mass is 300 g/mol. The zero-order chi connectivity index (χ0) is 13.9. The number of rotatable bonds is 6. The van der Waals surface area contributed by atoms with Crippen LogP contribution in [0, 0.1) is 0 Å². The summed E-state index contributed by atoms with van der Waals surface area (Å²) >= 11 is 1.43. The first-order chi connectivity index (χ1) is 8.99. The second-order valence-electron chi connectivity index (χ2n) is 4.38. The number of H-pyrrole nitrogens is 1. The zero-order valence-corrected chi connectivity index (χ0v) is 12.3. The summed E-state index contributed by atoms with van der Waals surface area (Å²) in [4.78, 5) is 0. The van der Waals surface area contributed by atoms with E-state index in [9.17, 15) is 8.42 Å². The Morgan fingerprint density at radius 3 is 2.89 bits per heavy atom. The van der Waals surface area contributed by atoms with Crippen LogP contribution < -0.4 is 10.0 Å². The molecule has 0 aliphatic rings. The van der Waals surface area contributed by atoms with Crippen LogP contribution in [-0.2, 0) is 16.6 Å². The fourth-order valence-electron chi connectivity index (χ4n) is 1.50. The molecule has 2 heterocycles. The fourth-order valence-corrected chi connectivity index (χ4v) is 3.35. The van der Waals surface area contributed by atoms with E-state index >= 15 is 0 Å². The number of aromatic amines is 1. The number of hydrogen-bond acceptors (Lipinski definition) is 5. The van der Waals surface area contributed by atoms with Gasteiger partial charge >= 0.3 is 0 Å². The molecule has 0 unspecified atom stereocenters. The summed E-state index contributed by atoms with van der Waals surface area (Å²) in [5.41, 5.74) is 1.18. The molecule has 0 aliphatic heterocycles. The van der Waals surface area contributed by atoms with E-state index in [0.29, 0.717) is 17.8 Å². The van der Waals surface area contributed by atoms with Gasteiger partial charge in [-0.3, -0.25) is 9.82 Å². The molecule has 0 aromatic carbocycles. The topological polar surface area (TPSA) is 86.9 Å². The van der Waals surface area contributed by atoms with Gasteiger partial charge in [-0.05, 0) is 11.4 Å². The van der Waals surface area contributed by atoms with Crippen LogP contribution in [0.1, 0.15) is 19.4 Å². The van der Waals surface area contributed by atoms with E-state index in [1.807, 2.05) is 19.2 Å². The third-order valence-electron chi connectivity index (χ3n) is 2.42. The molecule has 2 rings (SSSR count). The lowest BCUT2D eigenvalue weighted by Crippen LogP contribution is -2.23. The minimum atomic E-state index is -3.62. The van der Waals surface area contributed by atoms with Gasteiger partial charge in [0.25, 0.3) is 10.0 Å². The molecular formula is C11H16N4O2S2. The summed E-state index contributed by atoms with van der Waals surface area (Å²) in [6.45, 7) is 4.45. The molecule has 0 bridgehead atoms. The molecule has 0 atom stereocenters. The number of hydrogen-bond donors (Lipinski definition) is 3. The minimum Gasteiger partial charge on any atom is -0.310 e. The molecule has 0 fully saturated rings. The molecular weight excluding hydrogens is 284 g/mol. The average molecular weight is 300 g/mol. The van der Waals surface area contributed by atoms with E-state index in [2.05, 4.69) is 20.2 Å². The molecule has 3 N–H and O–H groups in total. The molecule has 0 saturated heterocycles. The lowest BCUT2D eigenvalue weighted by molar-refractivity contribution is 0.574. The van der Waals surface area contributed by atoms with Gasteiger partial charge in [-0.25, -0.2) is 0 Å². The first-order valence-electron chi connectivity index (χ1n) is 5.79. The van der Waals surface area contributed by atoms with E-state index in [0.717, 1.165) is 0 Å². The second kappa shape index (κ2) is 5.72. The highest BCUT2D eigenvalue weighted by Gasteiger charge is 2.21. The number of sulfonamides is 1. The highest BCUT2D eigenvalue weighted by atomic mass is 32.2. The number of anilines is 1. The molecule has 2 aromatic rings. The van der Waals surface area contributed by atoms with Crippen LogP contribution in [0.2, 0.25) is 0 Å². The van der Waals surface area contributed by atoms with Crippen LogP contribution in [0.15, 0.2) is 28.0 Å². The summed E-state index contributed by atoms with van der Waals surface area (Å²) in [5, 5.41) is 13.2. The molecule has 104 valence electrons. The van der Waals surface area contributed by atoms with Gasteiger partial charge in [0.05, 0.1) is 11.9 Å². The van der Waals surface area contributed by atoms with Gasteiger partial charge in [0.1, 0.15) is 0 Å². The number of thiophene rings is 1. The SMILES string of the molecule is CC(C)NCc1cn[nH]c1S(=O)(=O)Nc1ccsc1. The minimum absolute atomic E-state index is 0.104. The summed E-state index contributed by atoms with van der Waals surface area (Å²) in [6.07, 6.45) is 1.53. The normalized spacial score (nSPS) is 11.9. The van der Waals surface area contributed by atoms with Crippen LogP contribution in [0.4, 0.5) is 5.69 Å². The summed E-state index contributed by atoms with van der Waals surface area (Å²) in [7, 11) is -3.62. The lowest BCUT2D eigenvalue weighted by Gasteiger charge is -2.09. The van der Waals surface area contributed by atoms with Crippen LogP contribution in [0.5, 0.6) is 0 Å². The van der Waals surface area contributed by atoms with Gasteiger partial charge in [-0.1, -0.05) is 13.8 Å². The molecule has 0 amide bonds. The molecule has 2 aromatic heterocycles. The van der Waals surface area contributed by atoms with E-state index in [1.54, 1.807) is 11.4 Å². The van der Waals surface area contributed by atoms with Gasteiger partial charge in [0.2, 0.25) is 0 Å². The number of nitrogens with zero attached hydrogens (tertiary/aromatic N) is 1. The van der Waals surface area contributed by atoms with Crippen molar-refractivity contribution in [3.63, 3.8) is 0 Å². The zero-order valence-electron chi connectivity index (χ0n) is 10.7. The van der Waals surface area contributed by atoms with E-state index in [1.165, 1.54) is 17.5 Å². The van der Waals surface area contributed by atoms with Crippen molar-refractivity contribution < 1.29 is 8.42 Å². The Bertz CT molecular complexity index is 617. The molecule has 0 aliphatic carbocycles. The average Bonchev–Trinajstić information content (AvgIpc) is 2.95. The van der Waals surface area contributed by atoms with Crippen molar-refractivity contribution in [2.75, 3.05) is 4.72 Å². The Hall–Kier alpha value is -1.38. The Balaban J connectivity index is 2.19. The summed E-state index contributed by atoms with van der Waals surface area (Å²) in [6, 6.07) is 1.99. The Morgan fingerprint density at radius 1 is 1.47 bits per heavy atom. The molecule has 0 radical (unpaired) electrons. The standard InChI is InChI=1S/C11H16N4O2S2/c1-8(2)12-5-9-6-13-14-11(9)19(16,17)15-10-3-4-18-7-10/h3-4,6-8,12,15H,5H2,1-2H3,(H,13,14). The van der Waals surface area contributed by atoms with Crippen LogP contribution >= 0.6 is 11.3 Å². The third-order valence-corrected chi connectivity index (χ3v) is 4.50. The van der Waals surface area contributed by atoms with Gasteiger partial charge in [-0.15, -0.1) is 0 Å². The summed E-state index contributed by atoms with van der Waals surface area (Å²) in [5.74, 6) is 0. The van der Waals surface area contributed by atoms with Crippen molar-refractivity contribution in [1.82, 2.24) is 15.5 Å². The molecule has 0 spiro atoms. The predicted molar refractivity (Wildman–Crippen MR) is 75.7 cm³/mol. The maximum atomic E-state index is 12.2. The Morgan fingerprint density at radius 2 is 2.26 bits per heavy atom. The van der Waals surface area contributed by atoms with E-state index in [4.69, 9.17) is 0 Å². The van der Waals surface area contributed by atoms with Gasteiger partial charge < -0.3 is 5.32 Å².